The molecule has 0 unspecified atom stereocenters. The smallest absolute Gasteiger partial charge is 0.323 e. The lowest BCUT2D eigenvalue weighted by atomic mass is 9.82. The van der Waals surface area contributed by atoms with Gasteiger partial charge in [0.05, 0.1) is 0 Å². The minimum atomic E-state index is -0.962. The Kier molecular flexibility index (Phi) is 4.48. The van der Waals surface area contributed by atoms with Crippen molar-refractivity contribution >= 4 is 12.0 Å². The van der Waals surface area contributed by atoms with E-state index in [1.807, 2.05) is 13.8 Å². The number of hydrogen-bond acceptors (Lipinski definition) is 2. The molecule has 1 saturated carbocycles. The van der Waals surface area contributed by atoms with Gasteiger partial charge in [-0.2, -0.15) is 0 Å². The summed E-state index contributed by atoms with van der Waals surface area (Å²) >= 11 is 0. The molecular weight excluding hydrogens is 244 g/mol. The summed E-state index contributed by atoms with van der Waals surface area (Å²) < 4.78 is 0. The van der Waals surface area contributed by atoms with E-state index in [9.17, 15) is 9.59 Å². The first-order chi connectivity index (χ1) is 8.50. The maximum absolute atomic E-state index is 12.2. The van der Waals surface area contributed by atoms with E-state index < -0.39 is 5.97 Å². The van der Waals surface area contributed by atoms with Crippen LogP contribution in [0.3, 0.4) is 0 Å². The molecule has 0 bridgehead atoms. The van der Waals surface area contributed by atoms with Gasteiger partial charge in [0.1, 0.15) is 6.54 Å². The number of rotatable bonds is 5. The van der Waals surface area contributed by atoms with E-state index in [0.29, 0.717) is 0 Å². The van der Waals surface area contributed by atoms with Gasteiger partial charge in [0.15, 0.2) is 0 Å². The van der Waals surface area contributed by atoms with Gasteiger partial charge in [0, 0.05) is 11.6 Å². The molecule has 1 fully saturated rings. The predicted molar refractivity (Wildman–Crippen MR) is 74.0 cm³/mol. The monoisotopic (exact) mass is 270 g/mol. The van der Waals surface area contributed by atoms with Crippen LogP contribution in [0.1, 0.15) is 53.9 Å². The van der Waals surface area contributed by atoms with Crippen LogP contribution in [-0.4, -0.2) is 40.1 Å². The average Bonchev–Trinajstić information content (AvgIpc) is 2.91. The highest BCUT2D eigenvalue weighted by Crippen LogP contribution is 2.29. The number of nitrogens with one attached hydrogen (secondary N) is 1. The molecule has 0 spiro atoms. The highest BCUT2D eigenvalue weighted by Gasteiger charge is 2.36. The summed E-state index contributed by atoms with van der Waals surface area (Å²) in [7, 11) is 0. The number of urea groups is 1. The lowest BCUT2D eigenvalue weighted by molar-refractivity contribution is -0.137. The van der Waals surface area contributed by atoms with E-state index in [2.05, 4.69) is 26.1 Å². The van der Waals surface area contributed by atoms with E-state index in [1.165, 1.54) is 4.90 Å². The maximum Gasteiger partial charge on any atom is 0.323 e. The third kappa shape index (κ3) is 5.94. The Morgan fingerprint density at radius 1 is 1.21 bits per heavy atom. The molecule has 0 aromatic rings. The second-order valence-electron chi connectivity index (χ2n) is 7.30. The molecule has 0 aliphatic heterocycles. The van der Waals surface area contributed by atoms with Crippen LogP contribution in [0.15, 0.2) is 0 Å². The number of carboxylic acids is 1. The van der Waals surface area contributed by atoms with Crippen LogP contribution in [0.2, 0.25) is 0 Å². The molecule has 1 aliphatic rings. The Balaban J connectivity index is 2.62. The molecule has 2 N–H and O–H groups in total. The Bertz CT molecular complexity index is 354. The summed E-state index contributed by atoms with van der Waals surface area (Å²) in [6.45, 7) is 10.1. The van der Waals surface area contributed by atoms with Crippen LogP contribution in [0.5, 0.6) is 0 Å². The number of aliphatic carboxylic acids is 1. The molecule has 1 aliphatic carbocycles. The minimum Gasteiger partial charge on any atom is -0.480 e. The lowest BCUT2D eigenvalue weighted by Crippen LogP contribution is -2.53. The first-order valence-electron chi connectivity index (χ1n) is 6.81. The number of amides is 2. The van der Waals surface area contributed by atoms with Crippen LogP contribution in [-0.2, 0) is 4.79 Å². The predicted octanol–water partition coefficient (Wildman–Crippen LogP) is 2.46. The largest absolute Gasteiger partial charge is 0.480 e. The van der Waals surface area contributed by atoms with Gasteiger partial charge in [-0.25, -0.2) is 4.79 Å². The summed E-state index contributed by atoms with van der Waals surface area (Å²) in [5.41, 5.74) is -0.241. The van der Waals surface area contributed by atoms with Crippen LogP contribution in [0, 0.1) is 5.41 Å². The van der Waals surface area contributed by atoms with Gasteiger partial charge < -0.3 is 15.3 Å². The molecule has 0 saturated heterocycles. The maximum atomic E-state index is 12.2. The van der Waals surface area contributed by atoms with Crippen molar-refractivity contribution < 1.29 is 14.7 Å². The third-order valence-electron chi connectivity index (χ3n) is 2.97. The Morgan fingerprint density at radius 3 is 2.11 bits per heavy atom. The average molecular weight is 270 g/mol. The molecule has 0 radical (unpaired) electrons. The number of nitrogens with zero attached hydrogens (tertiary/aromatic N) is 1. The summed E-state index contributed by atoms with van der Waals surface area (Å²) in [5.74, 6) is -0.962. The van der Waals surface area contributed by atoms with Crippen molar-refractivity contribution in [2.75, 3.05) is 6.54 Å². The van der Waals surface area contributed by atoms with Crippen LogP contribution >= 0.6 is 0 Å². The molecule has 19 heavy (non-hydrogen) atoms. The van der Waals surface area contributed by atoms with E-state index in [1.54, 1.807) is 0 Å². The number of carboxylic acid groups (broad SMARTS) is 1. The topological polar surface area (TPSA) is 69.6 Å². The lowest BCUT2D eigenvalue weighted by Gasteiger charge is -2.35. The molecule has 5 heteroatoms. The fourth-order valence-electron chi connectivity index (χ4n) is 2.63. The van der Waals surface area contributed by atoms with Gasteiger partial charge in [0.25, 0.3) is 0 Å². The summed E-state index contributed by atoms with van der Waals surface area (Å²) in [6.07, 6.45) is 2.64. The van der Waals surface area contributed by atoms with E-state index in [0.717, 1.165) is 19.3 Å². The van der Waals surface area contributed by atoms with Crippen LogP contribution in [0.25, 0.3) is 0 Å². The van der Waals surface area contributed by atoms with E-state index in [-0.39, 0.29) is 29.6 Å². The summed E-state index contributed by atoms with van der Waals surface area (Å²) in [4.78, 5) is 24.5. The summed E-state index contributed by atoms with van der Waals surface area (Å²) in [5, 5.41) is 11.8. The van der Waals surface area contributed by atoms with Gasteiger partial charge in [-0.3, -0.25) is 4.79 Å². The van der Waals surface area contributed by atoms with Crippen molar-refractivity contribution in [1.29, 1.82) is 0 Å². The number of carbonyl (C=O) groups excluding carboxylic acids is 1. The normalized spacial score (nSPS) is 16.1. The molecule has 5 nitrogen and oxygen atoms in total. The Hall–Kier alpha value is -1.26. The first kappa shape index (κ1) is 15.8. The van der Waals surface area contributed by atoms with Gasteiger partial charge >= 0.3 is 12.0 Å². The minimum absolute atomic E-state index is 0.0986. The second-order valence-corrected chi connectivity index (χ2v) is 7.30. The van der Waals surface area contributed by atoms with Crippen molar-refractivity contribution in [3.05, 3.63) is 0 Å². The molecule has 0 atom stereocenters. The zero-order chi connectivity index (χ0) is 14.8. The van der Waals surface area contributed by atoms with Gasteiger partial charge in [-0.05, 0) is 38.5 Å². The number of hydrogen-bond donors (Lipinski definition) is 2. The van der Waals surface area contributed by atoms with Crippen molar-refractivity contribution in [3.63, 3.8) is 0 Å². The SMILES string of the molecule is CC(C)(C)CC(C)(C)NC(=O)N(CC(=O)O)C1CC1. The second kappa shape index (κ2) is 5.39. The highest BCUT2D eigenvalue weighted by molar-refractivity contribution is 5.81. The Labute approximate surface area is 115 Å². The van der Waals surface area contributed by atoms with Gasteiger partial charge in [0.2, 0.25) is 0 Å². The van der Waals surface area contributed by atoms with E-state index >= 15 is 0 Å². The van der Waals surface area contributed by atoms with Crippen LogP contribution < -0.4 is 5.32 Å². The van der Waals surface area contributed by atoms with Crippen molar-refractivity contribution in [1.82, 2.24) is 10.2 Å². The number of carbonyl (C=O) groups is 2. The molecular formula is C14H26N2O3. The fraction of sp³-hybridized carbons (Fsp3) is 0.857. The molecule has 0 aromatic heterocycles. The van der Waals surface area contributed by atoms with Gasteiger partial charge in [-0.15, -0.1) is 0 Å². The quantitative estimate of drug-likeness (QED) is 0.806. The highest BCUT2D eigenvalue weighted by atomic mass is 16.4. The van der Waals surface area contributed by atoms with Crippen molar-refractivity contribution in [3.8, 4) is 0 Å². The molecule has 110 valence electrons. The summed E-state index contributed by atoms with van der Waals surface area (Å²) in [6, 6.07) is -0.166. The molecule has 0 aromatic carbocycles. The fourth-order valence-corrected chi connectivity index (χ4v) is 2.63. The van der Waals surface area contributed by atoms with Crippen LogP contribution in [0.4, 0.5) is 4.79 Å². The molecule has 1 rings (SSSR count). The zero-order valence-electron chi connectivity index (χ0n) is 12.6. The van der Waals surface area contributed by atoms with Crippen molar-refractivity contribution in [2.45, 2.75) is 65.5 Å². The van der Waals surface area contributed by atoms with E-state index in [4.69, 9.17) is 5.11 Å². The first-order valence-corrected chi connectivity index (χ1v) is 6.81. The van der Waals surface area contributed by atoms with Crippen molar-refractivity contribution in [2.24, 2.45) is 5.41 Å². The molecule has 0 heterocycles. The zero-order valence-corrected chi connectivity index (χ0v) is 12.6. The Morgan fingerprint density at radius 2 is 1.74 bits per heavy atom. The van der Waals surface area contributed by atoms with Gasteiger partial charge in [-0.1, -0.05) is 20.8 Å². The standard InChI is InChI=1S/C14H26N2O3/c1-13(2,3)9-14(4,5)15-12(19)16(8-11(17)18)10-6-7-10/h10H,6-9H2,1-5H3,(H,15,19)(H,17,18). The molecule has 2 amide bonds. The third-order valence-corrected chi connectivity index (χ3v) is 2.97.